The quantitative estimate of drug-likeness (QED) is 0.401. The third kappa shape index (κ3) is 4.66. The van der Waals surface area contributed by atoms with Crippen molar-refractivity contribution in [3.8, 4) is 5.75 Å². The van der Waals surface area contributed by atoms with E-state index in [4.69, 9.17) is 4.74 Å². The van der Waals surface area contributed by atoms with Gasteiger partial charge in [-0.1, -0.05) is 18.2 Å². The summed E-state index contributed by atoms with van der Waals surface area (Å²) in [7, 11) is 1.59. The van der Waals surface area contributed by atoms with E-state index in [0.717, 1.165) is 10.2 Å². The molecule has 186 valence electrons. The van der Waals surface area contributed by atoms with Crippen LogP contribution in [0.2, 0.25) is 0 Å². The molecule has 4 aromatic rings. The van der Waals surface area contributed by atoms with Gasteiger partial charge in [0.25, 0.3) is 5.91 Å². The number of rotatable bonds is 5. The lowest BCUT2D eigenvalue weighted by Crippen LogP contribution is -2.56. The molecule has 7 nitrogen and oxygen atoms in total. The normalized spacial score (nSPS) is 15.8. The van der Waals surface area contributed by atoms with Crippen molar-refractivity contribution in [1.82, 2.24) is 14.4 Å². The van der Waals surface area contributed by atoms with Gasteiger partial charge in [-0.3, -0.25) is 4.79 Å². The van der Waals surface area contributed by atoms with Gasteiger partial charge in [0.15, 0.2) is 0 Å². The summed E-state index contributed by atoms with van der Waals surface area (Å²) >= 11 is 1.53. The molecular formula is C27H27FN4O3S. The zero-order chi connectivity index (χ0) is 25.2. The summed E-state index contributed by atoms with van der Waals surface area (Å²) < 4.78 is 21.5. The molecule has 0 bridgehead atoms. The summed E-state index contributed by atoms with van der Waals surface area (Å²) in [4.78, 5) is 31.0. The molecule has 1 saturated heterocycles. The summed E-state index contributed by atoms with van der Waals surface area (Å²) in [5, 5.41) is 5.85. The predicted molar refractivity (Wildman–Crippen MR) is 139 cm³/mol. The molecule has 1 aliphatic rings. The number of carbonyl (C=O) groups is 2. The number of halogens is 1. The molecule has 1 fully saturated rings. The fraction of sp³-hybridized carbons (Fsp3) is 0.259. The molecule has 0 spiro atoms. The molecule has 3 heterocycles. The van der Waals surface area contributed by atoms with E-state index in [1.54, 1.807) is 59.4 Å². The van der Waals surface area contributed by atoms with E-state index in [1.807, 2.05) is 29.0 Å². The summed E-state index contributed by atoms with van der Waals surface area (Å²) in [6.07, 6.45) is 0. The number of ether oxygens (including phenoxy) is 1. The largest absolute Gasteiger partial charge is 0.497 e. The minimum Gasteiger partial charge on any atom is -0.497 e. The number of nitrogens with zero attached hydrogens (tertiary/aromatic N) is 3. The molecule has 0 radical (unpaired) electrons. The van der Waals surface area contributed by atoms with Crippen molar-refractivity contribution < 1.29 is 18.7 Å². The highest BCUT2D eigenvalue weighted by Crippen LogP contribution is 2.28. The number of benzene rings is 2. The zero-order valence-electron chi connectivity index (χ0n) is 20.1. The second-order valence-corrected chi connectivity index (χ2v) is 9.74. The van der Waals surface area contributed by atoms with Crippen molar-refractivity contribution >= 4 is 39.2 Å². The van der Waals surface area contributed by atoms with Crippen molar-refractivity contribution in [3.05, 3.63) is 83.1 Å². The monoisotopic (exact) mass is 506 g/mol. The Morgan fingerprint density at radius 2 is 1.89 bits per heavy atom. The lowest BCUT2D eigenvalue weighted by molar-refractivity contribution is 0.0583. The van der Waals surface area contributed by atoms with Crippen LogP contribution in [0.4, 0.5) is 14.9 Å². The molecule has 2 aromatic heterocycles. The predicted octanol–water partition coefficient (Wildman–Crippen LogP) is 5.28. The van der Waals surface area contributed by atoms with E-state index in [9.17, 15) is 14.0 Å². The van der Waals surface area contributed by atoms with Crippen molar-refractivity contribution in [2.24, 2.45) is 0 Å². The van der Waals surface area contributed by atoms with Crippen LogP contribution in [-0.4, -0.2) is 59.1 Å². The van der Waals surface area contributed by atoms with Crippen LogP contribution in [0.25, 0.3) is 10.2 Å². The first-order valence-corrected chi connectivity index (χ1v) is 12.6. The molecule has 3 amide bonds. The highest BCUT2D eigenvalue weighted by Gasteiger charge is 2.32. The average molecular weight is 507 g/mol. The molecule has 1 aliphatic heterocycles. The highest BCUT2D eigenvalue weighted by molar-refractivity contribution is 7.16. The first-order chi connectivity index (χ1) is 17.4. The molecule has 0 aliphatic carbocycles. The summed E-state index contributed by atoms with van der Waals surface area (Å²) in [6, 6.07) is 17.3. The van der Waals surface area contributed by atoms with Crippen LogP contribution in [0, 0.1) is 5.82 Å². The second-order valence-electron chi connectivity index (χ2n) is 8.84. The number of hydrogen-bond acceptors (Lipinski definition) is 4. The summed E-state index contributed by atoms with van der Waals surface area (Å²) in [6.45, 7) is 3.45. The number of nitrogens with one attached hydrogen (secondary N) is 1. The van der Waals surface area contributed by atoms with E-state index in [1.165, 1.54) is 17.4 Å². The molecule has 5 rings (SSSR count). The Hall–Kier alpha value is -3.85. The maximum atomic E-state index is 14.4. The Labute approximate surface area is 212 Å². The van der Waals surface area contributed by atoms with E-state index in [-0.39, 0.29) is 30.3 Å². The molecule has 2 aromatic carbocycles. The molecule has 36 heavy (non-hydrogen) atoms. The number of carbonyl (C=O) groups excluding carboxylic acids is 2. The van der Waals surface area contributed by atoms with Crippen LogP contribution in [0.1, 0.15) is 23.0 Å². The van der Waals surface area contributed by atoms with Gasteiger partial charge in [0, 0.05) is 42.3 Å². The number of anilines is 1. The SMILES string of the molecule is COc1ccc(NC(=O)N2CCN(C(=O)c3cc4ccsc4n3Cc3ccccc3F)C[C@@H]2C)cc1. The van der Waals surface area contributed by atoms with Gasteiger partial charge in [-0.2, -0.15) is 0 Å². The van der Waals surface area contributed by atoms with Crippen LogP contribution >= 0.6 is 11.3 Å². The molecule has 0 unspecified atom stereocenters. The van der Waals surface area contributed by atoms with Gasteiger partial charge >= 0.3 is 6.03 Å². The zero-order valence-corrected chi connectivity index (χ0v) is 20.9. The number of amides is 3. The van der Waals surface area contributed by atoms with Gasteiger partial charge in [0.05, 0.1) is 13.7 Å². The minimum atomic E-state index is -0.292. The highest BCUT2D eigenvalue weighted by atomic mass is 32.1. The molecule has 1 N–H and O–H groups in total. The van der Waals surface area contributed by atoms with Crippen LogP contribution < -0.4 is 10.1 Å². The van der Waals surface area contributed by atoms with Gasteiger partial charge in [0.1, 0.15) is 22.1 Å². The van der Waals surface area contributed by atoms with Crippen LogP contribution in [0.3, 0.4) is 0 Å². The number of fused-ring (bicyclic) bond motifs is 1. The van der Waals surface area contributed by atoms with E-state index in [0.29, 0.717) is 42.3 Å². The van der Waals surface area contributed by atoms with Gasteiger partial charge in [0.2, 0.25) is 0 Å². The third-order valence-corrected chi connectivity index (χ3v) is 7.48. The van der Waals surface area contributed by atoms with Crippen LogP contribution in [-0.2, 0) is 6.54 Å². The van der Waals surface area contributed by atoms with Gasteiger partial charge in [-0.15, -0.1) is 11.3 Å². The summed E-state index contributed by atoms with van der Waals surface area (Å²) in [5.41, 5.74) is 1.74. The minimum absolute atomic E-state index is 0.114. The lowest BCUT2D eigenvalue weighted by atomic mass is 10.1. The smallest absolute Gasteiger partial charge is 0.322 e. The number of methoxy groups -OCH3 is 1. The standard InChI is InChI=1S/C27H27FN4O3S/c1-18-16-30(12-13-31(18)27(34)29-21-7-9-22(35-2)10-8-21)25(33)24-15-19-11-14-36-26(19)32(24)17-20-5-3-4-6-23(20)28/h3-11,14-15,18H,12-13,16-17H2,1-2H3,(H,29,34)/t18-/m0/s1. The second kappa shape index (κ2) is 10.0. The fourth-order valence-corrected chi connectivity index (χ4v) is 5.48. The first kappa shape index (κ1) is 23.9. The lowest BCUT2D eigenvalue weighted by Gasteiger charge is -2.39. The Morgan fingerprint density at radius 1 is 1.11 bits per heavy atom. The van der Waals surface area contributed by atoms with Crippen LogP contribution in [0.15, 0.2) is 66.0 Å². The van der Waals surface area contributed by atoms with Crippen LogP contribution in [0.5, 0.6) is 5.75 Å². The average Bonchev–Trinajstić information content (AvgIpc) is 3.48. The maximum Gasteiger partial charge on any atom is 0.322 e. The van der Waals surface area contributed by atoms with Gasteiger partial charge in [-0.05, 0) is 54.8 Å². The van der Waals surface area contributed by atoms with E-state index in [2.05, 4.69) is 5.32 Å². The Bertz CT molecular complexity index is 1400. The Kier molecular flexibility index (Phi) is 6.65. The topological polar surface area (TPSA) is 66.8 Å². The number of hydrogen-bond donors (Lipinski definition) is 1. The number of piperazine rings is 1. The Balaban J connectivity index is 1.30. The number of urea groups is 1. The van der Waals surface area contributed by atoms with E-state index < -0.39 is 0 Å². The van der Waals surface area contributed by atoms with Crippen molar-refractivity contribution in [1.29, 1.82) is 0 Å². The summed E-state index contributed by atoms with van der Waals surface area (Å²) in [5.74, 6) is 0.310. The molecule has 9 heteroatoms. The van der Waals surface area contributed by atoms with Gasteiger partial charge < -0.3 is 24.4 Å². The number of aromatic nitrogens is 1. The molecular weight excluding hydrogens is 479 g/mol. The maximum absolute atomic E-state index is 14.4. The van der Waals surface area contributed by atoms with Crippen molar-refractivity contribution in [2.75, 3.05) is 32.1 Å². The van der Waals surface area contributed by atoms with Crippen molar-refractivity contribution in [2.45, 2.75) is 19.5 Å². The molecule has 0 saturated carbocycles. The fourth-order valence-electron chi connectivity index (χ4n) is 4.58. The molecule has 1 atom stereocenters. The van der Waals surface area contributed by atoms with Crippen molar-refractivity contribution in [3.63, 3.8) is 0 Å². The van der Waals surface area contributed by atoms with E-state index >= 15 is 0 Å². The van der Waals surface area contributed by atoms with Gasteiger partial charge in [-0.25, -0.2) is 9.18 Å². The number of thiophene rings is 1. The first-order valence-electron chi connectivity index (χ1n) is 11.8. The third-order valence-electron chi connectivity index (χ3n) is 6.52. The Morgan fingerprint density at radius 3 is 2.61 bits per heavy atom.